The molecule has 6 heteroatoms. The van der Waals surface area contributed by atoms with E-state index in [1.165, 1.54) is 12.4 Å². The van der Waals surface area contributed by atoms with Gasteiger partial charge in [-0.15, -0.1) is 0 Å². The molecule has 1 saturated heterocycles. The molecule has 1 aliphatic heterocycles. The van der Waals surface area contributed by atoms with Crippen molar-refractivity contribution in [3.63, 3.8) is 0 Å². The number of nitrogens with zero attached hydrogens (tertiary/aromatic N) is 2. The number of carbonyl (C=O) groups is 2. The molecule has 0 aromatic carbocycles. The van der Waals surface area contributed by atoms with Crippen LogP contribution in [0.25, 0.3) is 0 Å². The summed E-state index contributed by atoms with van der Waals surface area (Å²) in [5, 5.41) is 2.80. The molecular weight excluding hydrogens is 294 g/mol. The van der Waals surface area contributed by atoms with Crippen LogP contribution in [0, 0.1) is 5.92 Å². The van der Waals surface area contributed by atoms with Crippen LogP contribution in [0.2, 0.25) is 0 Å². The van der Waals surface area contributed by atoms with Crippen LogP contribution in [-0.4, -0.2) is 55.0 Å². The van der Waals surface area contributed by atoms with Gasteiger partial charge < -0.3 is 15.0 Å². The van der Waals surface area contributed by atoms with E-state index in [0.29, 0.717) is 30.2 Å². The molecule has 1 unspecified atom stereocenters. The summed E-state index contributed by atoms with van der Waals surface area (Å²) in [5.41, 5.74) is 0.891. The van der Waals surface area contributed by atoms with E-state index in [1.807, 2.05) is 4.90 Å². The zero-order chi connectivity index (χ0) is 16.7. The standard InChI is InChI=1S/C17H25N3O3/c1-13-5-3-7-20(12-13)17(22)15-9-14(10-18-11-15)16(21)19-6-4-8-23-2/h9-11,13H,3-8,12H2,1-2H3,(H,19,21). The fourth-order valence-corrected chi connectivity index (χ4v) is 2.76. The van der Waals surface area contributed by atoms with E-state index in [4.69, 9.17) is 4.74 Å². The molecular formula is C17H25N3O3. The number of rotatable bonds is 6. The zero-order valence-electron chi connectivity index (χ0n) is 13.9. The molecule has 6 nitrogen and oxygen atoms in total. The predicted octanol–water partition coefficient (Wildman–Crippen LogP) is 1.72. The summed E-state index contributed by atoms with van der Waals surface area (Å²) in [6.45, 7) is 4.84. The molecule has 1 aliphatic rings. The van der Waals surface area contributed by atoms with Gasteiger partial charge in [-0.2, -0.15) is 0 Å². The Morgan fingerprint density at radius 1 is 1.39 bits per heavy atom. The molecule has 126 valence electrons. The molecule has 1 atom stereocenters. The van der Waals surface area contributed by atoms with Gasteiger partial charge in [-0.05, 0) is 31.2 Å². The maximum Gasteiger partial charge on any atom is 0.255 e. The number of piperidine rings is 1. The van der Waals surface area contributed by atoms with E-state index < -0.39 is 0 Å². The quantitative estimate of drug-likeness (QED) is 0.811. The fraction of sp³-hybridized carbons (Fsp3) is 0.588. The Bertz CT molecular complexity index is 548. The van der Waals surface area contributed by atoms with Crippen LogP contribution in [0.4, 0.5) is 0 Å². The van der Waals surface area contributed by atoms with Gasteiger partial charge in [0, 0.05) is 45.7 Å². The van der Waals surface area contributed by atoms with E-state index in [2.05, 4.69) is 17.2 Å². The van der Waals surface area contributed by atoms with E-state index in [-0.39, 0.29) is 11.8 Å². The monoisotopic (exact) mass is 319 g/mol. The Labute approximate surface area is 137 Å². The summed E-state index contributed by atoms with van der Waals surface area (Å²) in [7, 11) is 1.63. The first kappa shape index (κ1) is 17.4. The number of nitrogens with one attached hydrogen (secondary N) is 1. The van der Waals surface area contributed by atoms with Gasteiger partial charge in [0.25, 0.3) is 11.8 Å². The number of aromatic nitrogens is 1. The topological polar surface area (TPSA) is 71.5 Å². The minimum atomic E-state index is -0.213. The number of amides is 2. The Morgan fingerprint density at radius 3 is 2.91 bits per heavy atom. The Morgan fingerprint density at radius 2 is 2.17 bits per heavy atom. The summed E-state index contributed by atoms with van der Waals surface area (Å²) >= 11 is 0. The van der Waals surface area contributed by atoms with Crippen molar-refractivity contribution >= 4 is 11.8 Å². The van der Waals surface area contributed by atoms with Gasteiger partial charge >= 0.3 is 0 Å². The van der Waals surface area contributed by atoms with Crippen molar-refractivity contribution in [3.05, 3.63) is 29.6 Å². The second kappa shape index (κ2) is 8.62. The van der Waals surface area contributed by atoms with Gasteiger partial charge in [0.15, 0.2) is 0 Å². The Hall–Kier alpha value is -1.95. The predicted molar refractivity (Wildman–Crippen MR) is 87.4 cm³/mol. The Kier molecular flexibility index (Phi) is 6.52. The summed E-state index contributed by atoms with van der Waals surface area (Å²) < 4.78 is 4.94. The molecule has 0 bridgehead atoms. The number of carbonyl (C=O) groups excluding carboxylic acids is 2. The second-order valence-electron chi connectivity index (χ2n) is 6.06. The maximum atomic E-state index is 12.6. The summed E-state index contributed by atoms with van der Waals surface area (Å²) in [4.78, 5) is 30.6. The van der Waals surface area contributed by atoms with Crippen LogP contribution in [0.5, 0.6) is 0 Å². The third kappa shape index (κ3) is 5.03. The lowest BCUT2D eigenvalue weighted by Crippen LogP contribution is -2.39. The minimum Gasteiger partial charge on any atom is -0.385 e. The average Bonchev–Trinajstić information content (AvgIpc) is 2.58. The molecule has 1 aromatic heterocycles. The lowest BCUT2D eigenvalue weighted by atomic mass is 9.99. The van der Waals surface area contributed by atoms with E-state index in [9.17, 15) is 9.59 Å². The molecule has 1 N–H and O–H groups in total. The SMILES string of the molecule is COCCCNC(=O)c1cncc(C(=O)N2CCCC(C)C2)c1. The van der Waals surface area contributed by atoms with Gasteiger partial charge in [0.05, 0.1) is 11.1 Å². The highest BCUT2D eigenvalue weighted by atomic mass is 16.5. The molecule has 0 spiro atoms. The smallest absolute Gasteiger partial charge is 0.255 e. The van der Waals surface area contributed by atoms with Crippen LogP contribution in [-0.2, 0) is 4.74 Å². The van der Waals surface area contributed by atoms with Crippen LogP contribution < -0.4 is 5.32 Å². The maximum absolute atomic E-state index is 12.6. The summed E-state index contributed by atoms with van der Waals surface area (Å²) in [6.07, 6.45) is 5.95. The first-order chi connectivity index (χ1) is 11.1. The van der Waals surface area contributed by atoms with Gasteiger partial charge in [0.2, 0.25) is 0 Å². The minimum absolute atomic E-state index is 0.0434. The average molecular weight is 319 g/mol. The lowest BCUT2D eigenvalue weighted by Gasteiger charge is -2.30. The molecule has 0 saturated carbocycles. The van der Waals surface area contributed by atoms with Gasteiger partial charge in [-0.3, -0.25) is 14.6 Å². The highest BCUT2D eigenvalue weighted by molar-refractivity contribution is 5.99. The number of ether oxygens (including phenoxy) is 1. The first-order valence-corrected chi connectivity index (χ1v) is 8.13. The molecule has 2 rings (SSSR count). The van der Waals surface area contributed by atoms with Crippen molar-refractivity contribution in [2.24, 2.45) is 5.92 Å². The van der Waals surface area contributed by atoms with Crippen molar-refractivity contribution in [2.75, 3.05) is 33.4 Å². The molecule has 1 fully saturated rings. The zero-order valence-corrected chi connectivity index (χ0v) is 13.9. The van der Waals surface area contributed by atoms with Crippen LogP contribution in [0.15, 0.2) is 18.5 Å². The van der Waals surface area contributed by atoms with E-state index in [1.54, 1.807) is 13.2 Å². The third-order valence-electron chi connectivity index (χ3n) is 4.00. The lowest BCUT2D eigenvalue weighted by molar-refractivity contribution is 0.0682. The van der Waals surface area contributed by atoms with E-state index >= 15 is 0 Å². The number of hydrogen-bond acceptors (Lipinski definition) is 4. The highest BCUT2D eigenvalue weighted by Crippen LogP contribution is 2.18. The highest BCUT2D eigenvalue weighted by Gasteiger charge is 2.22. The third-order valence-corrected chi connectivity index (χ3v) is 4.00. The van der Waals surface area contributed by atoms with Gasteiger partial charge in [0.1, 0.15) is 0 Å². The van der Waals surface area contributed by atoms with Crippen molar-refractivity contribution in [3.8, 4) is 0 Å². The Balaban J connectivity index is 1.98. The number of hydrogen-bond donors (Lipinski definition) is 1. The molecule has 2 amide bonds. The van der Waals surface area contributed by atoms with Crippen molar-refractivity contribution in [1.82, 2.24) is 15.2 Å². The fourth-order valence-electron chi connectivity index (χ4n) is 2.76. The number of methoxy groups -OCH3 is 1. The van der Waals surface area contributed by atoms with Crippen LogP contribution in [0.3, 0.4) is 0 Å². The molecule has 2 heterocycles. The molecule has 23 heavy (non-hydrogen) atoms. The van der Waals surface area contributed by atoms with Crippen molar-refractivity contribution in [1.29, 1.82) is 0 Å². The summed E-state index contributed by atoms with van der Waals surface area (Å²) in [6, 6.07) is 1.63. The van der Waals surface area contributed by atoms with Crippen LogP contribution in [0.1, 0.15) is 46.9 Å². The first-order valence-electron chi connectivity index (χ1n) is 8.13. The number of pyridine rings is 1. The molecule has 0 aliphatic carbocycles. The number of likely N-dealkylation sites (tertiary alicyclic amines) is 1. The van der Waals surface area contributed by atoms with Crippen molar-refractivity contribution in [2.45, 2.75) is 26.2 Å². The van der Waals surface area contributed by atoms with Gasteiger partial charge in [-0.1, -0.05) is 6.92 Å². The largest absolute Gasteiger partial charge is 0.385 e. The molecule has 1 aromatic rings. The van der Waals surface area contributed by atoms with Crippen molar-refractivity contribution < 1.29 is 14.3 Å². The van der Waals surface area contributed by atoms with E-state index in [0.717, 1.165) is 32.4 Å². The molecule has 0 radical (unpaired) electrons. The summed E-state index contributed by atoms with van der Waals surface area (Å²) in [5.74, 6) is 0.265. The van der Waals surface area contributed by atoms with Crippen LogP contribution >= 0.6 is 0 Å². The second-order valence-corrected chi connectivity index (χ2v) is 6.06. The van der Waals surface area contributed by atoms with Gasteiger partial charge in [-0.25, -0.2) is 0 Å². The normalized spacial score (nSPS) is 17.8.